The molecule has 1 aliphatic carbocycles. The molecule has 7 nitrogen and oxygen atoms in total. The molecule has 34 heavy (non-hydrogen) atoms. The van der Waals surface area contributed by atoms with E-state index >= 15 is 0 Å². The summed E-state index contributed by atoms with van der Waals surface area (Å²) in [4.78, 5) is 38.5. The summed E-state index contributed by atoms with van der Waals surface area (Å²) in [7, 11) is 0. The number of alkyl carbamates (subject to hydrolysis) is 1. The van der Waals surface area contributed by atoms with Gasteiger partial charge >= 0.3 is 12.1 Å². The average Bonchev–Trinajstić information content (AvgIpc) is 3.51. The van der Waals surface area contributed by atoms with E-state index in [4.69, 9.17) is 4.74 Å². The number of hydrogen-bond acceptors (Lipinski definition) is 4. The lowest BCUT2D eigenvalue weighted by atomic mass is 9.89. The van der Waals surface area contributed by atoms with E-state index in [1.54, 1.807) is 4.90 Å². The Bertz CT molecular complexity index is 1070. The van der Waals surface area contributed by atoms with Crippen molar-refractivity contribution in [3.8, 4) is 11.1 Å². The number of rotatable bonds is 7. The van der Waals surface area contributed by atoms with Crippen molar-refractivity contribution in [2.45, 2.75) is 63.1 Å². The molecular weight excluding hydrogens is 432 g/mol. The van der Waals surface area contributed by atoms with E-state index in [1.807, 2.05) is 31.2 Å². The summed E-state index contributed by atoms with van der Waals surface area (Å²) in [6.07, 6.45) is 2.48. The van der Waals surface area contributed by atoms with Crippen molar-refractivity contribution in [2.24, 2.45) is 5.92 Å². The summed E-state index contributed by atoms with van der Waals surface area (Å²) in [6, 6.07) is 16.0. The van der Waals surface area contributed by atoms with E-state index in [-0.39, 0.29) is 43.0 Å². The van der Waals surface area contributed by atoms with Crippen LogP contribution >= 0.6 is 0 Å². The van der Waals surface area contributed by atoms with Crippen LogP contribution in [0.25, 0.3) is 11.1 Å². The first-order valence-electron chi connectivity index (χ1n) is 12.1. The molecule has 2 aromatic carbocycles. The van der Waals surface area contributed by atoms with Gasteiger partial charge < -0.3 is 20.1 Å². The van der Waals surface area contributed by atoms with Gasteiger partial charge in [-0.25, -0.2) is 4.79 Å². The quantitative estimate of drug-likeness (QED) is 0.644. The van der Waals surface area contributed by atoms with Gasteiger partial charge in [-0.05, 0) is 54.9 Å². The molecule has 2 aromatic rings. The summed E-state index contributed by atoms with van der Waals surface area (Å²) in [5.41, 5.74) is 4.69. The number of aliphatic carboxylic acids is 1. The van der Waals surface area contributed by atoms with Gasteiger partial charge in [0.05, 0.1) is 5.92 Å². The Labute approximate surface area is 199 Å². The fourth-order valence-corrected chi connectivity index (χ4v) is 6.03. The molecule has 2 bridgehead atoms. The maximum absolute atomic E-state index is 12.8. The van der Waals surface area contributed by atoms with Crippen LogP contribution in [0.3, 0.4) is 0 Å². The van der Waals surface area contributed by atoms with Crippen LogP contribution in [0.5, 0.6) is 0 Å². The third-order valence-corrected chi connectivity index (χ3v) is 7.64. The number of carbonyl (C=O) groups excluding carboxylic acids is 2. The highest BCUT2D eigenvalue weighted by molar-refractivity contribution is 5.81. The van der Waals surface area contributed by atoms with Crippen LogP contribution in [0, 0.1) is 5.92 Å². The fraction of sp³-hybridized carbons (Fsp3) is 0.444. The first-order chi connectivity index (χ1) is 16.4. The van der Waals surface area contributed by atoms with Gasteiger partial charge in [0.1, 0.15) is 6.61 Å². The average molecular weight is 463 g/mol. The highest BCUT2D eigenvalue weighted by Crippen LogP contribution is 2.44. The number of carboxylic acid groups (broad SMARTS) is 1. The SMILES string of the molecule is CC(CCC(=O)N1[C@@H]2CC[C@H]1[C@@H](C(=O)O)C2)NC(=O)OCC1c2ccccc2-c2ccccc21. The number of carboxylic acids is 1. The number of hydrogen-bond donors (Lipinski definition) is 2. The first kappa shape index (κ1) is 22.4. The topological polar surface area (TPSA) is 95.9 Å². The largest absolute Gasteiger partial charge is 0.481 e. The Balaban J connectivity index is 1.11. The predicted octanol–water partition coefficient (Wildman–Crippen LogP) is 4.16. The molecule has 0 aromatic heterocycles. The van der Waals surface area contributed by atoms with Gasteiger partial charge in [-0.3, -0.25) is 9.59 Å². The second kappa shape index (κ2) is 9.12. The van der Waals surface area contributed by atoms with Crippen LogP contribution in [0.1, 0.15) is 56.1 Å². The highest BCUT2D eigenvalue weighted by Gasteiger charge is 2.51. The second-order valence-corrected chi connectivity index (χ2v) is 9.69. The zero-order valence-corrected chi connectivity index (χ0v) is 19.3. The van der Waals surface area contributed by atoms with Crippen molar-refractivity contribution >= 4 is 18.0 Å². The van der Waals surface area contributed by atoms with Crippen LogP contribution < -0.4 is 5.32 Å². The van der Waals surface area contributed by atoms with E-state index in [2.05, 4.69) is 29.6 Å². The van der Waals surface area contributed by atoms with Crippen molar-refractivity contribution in [1.29, 1.82) is 0 Å². The van der Waals surface area contributed by atoms with E-state index in [1.165, 1.54) is 11.1 Å². The summed E-state index contributed by atoms with van der Waals surface area (Å²) < 4.78 is 5.59. The van der Waals surface area contributed by atoms with Crippen LogP contribution in [0.4, 0.5) is 4.79 Å². The monoisotopic (exact) mass is 462 g/mol. The van der Waals surface area contributed by atoms with Gasteiger partial charge in [-0.2, -0.15) is 0 Å². The molecule has 5 rings (SSSR count). The van der Waals surface area contributed by atoms with Gasteiger partial charge in [-0.15, -0.1) is 0 Å². The van der Waals surface area contributed by atoms with Crippen molar-refractivity contribution in [1.82, 2.24) is 10.2 Å². The lowest BCUT2D eigenvalue weighted by molar-refractivity contribution is -0.143. The lowest BCUT2D eigenvalue weighted by Crippen LogP contribution is -2.39. The zero-order chi connectivity index (χ0) is 23.8. The van der Waals surface area contributed by atoms with E-state index < -0.39 is 18.0 Å². The summed E-state index contributed by atoms with van der Waals surface area (Å²) in [5, 5.41) is 12.2. The molecule has 0 spiro atoms. The minimum Gasteiger partial charge on any atom is -0.481 e. The molecule has 2 saturated heterocycles. The number of nitrogens with one attached hydrogen (secondary N) is 1. The molecule has 2 fully saturated rings. The van der Waals surface area contributed by atoms with Crippen LogP contribution in [-0.2, 0) is 14.3 Å². The van der Waals surface area contributed by atoms with Crippen molar-refractivity contribution < 1.29 is 24.2 Å². The maximum atomic E-state index is 12.8. The molecule has 3 aliphatic rings. The Morgan fingerprint density at radius 2 is 1.71 bits per heavy atom. The van der Waals surface area contributed by atoms with Gasteiger partial charge in [-0.1, -0.05) is 48.5 Å². The molecule has 2 aliphatic heterocycles. The Hall–Kier alpha value is -3.35. The third kappa shape index (κ3) is 4.04. The fourth-order valence-electron chi connectivity index (χ4n) is 6.03. The summed E-state index contributed by atoms with van der Waals surface area (Å²) in [5.74, 6) is -1.27. The molecule has 4 atom stereocenters. The van der Waals surface area contributed by atoms with Gasteiger partial charge in [0, 0.05) is 30.5 Å². The zero-order valence-electron chi connectivity index (χ0n) is 19.3. The van der Waals surface area contributed by atoms with Crippen molar-refractivity contribution in [3.63, 3.8) is 0 Å². The molecule has 2 amide bonds. The minimum absolute atomic E-state index is 0.00265. The van der Waals surface area contributed by atoms with Crippen LogP contribution in [0.2, 0.25) is 0 Å². The first-order valence-corrected chi connectivity index (χ1v) is 12.1. The maximum Gasteiger partial charge on any atom is 0.407 e. The number of fused-ring (bicyclic) bond motifs is 5. The van der Waals surface area contributed by atoms with Crippen LogP contribution in [0.15, 0.2) is 48.5 Å². The van der Waals surface area contributed by atoms with Gasteiger partial charge in [0.2, 0.25) is 5.91 Å². The number of benzene rings is 2. The molecule has 2 N–H and O–H groups in total. The molecule has 0 radical (unpaired) electrons. The summed E-state index contributed by atoms with van der Waals surface area (Å²) >= 11 is 0. The van der Waals surface area contributed by atoms with Crippen LogP contribution in [-0.4, -0.2) is 52.7 Å². The van der Waals surface area contributed by atoms with Gasteiger partial charge in [0.25, 0.3) is 0 Å². The normalized spacial score (nSPS) is 23.3. The summed E-state index contributed by atoms with van der Waals surface area (Å²) in [6.45, 7) is 2.10. The molecule has 1 unspecified atom stereocenters. The second-order valence-electron chi connectivity index (χ2n) is 9.69. The Kier molecular flexibility index (Phi) is 6.02. The van der Waals surface area contributed by atoms with Gasteiger partial charge in [0.15, 0.2) is 0 Å². The van der Waals surface area contributed by atoms with Crippen molar-refractivity contribution in [2.75, 3.05) is 6.61 Å². The molecule has 0 saturated carbocycles. The number of ether oxygens (including phenoxy) is 1. The lowest BCUT2D eigenvalue weighted by Gasteiger charge is -2.24. The van der Waals surface area contributed by atoms with Crippen molar-refractivity contribution in [3.05, 3.63) is 59.7 Å². The Morgan fingerprint density at radius 1 is 1.06 bits per heavy atom. The predicted molar refractivity (Wildman–Crippen MR) is 126 cm³/mol. The molecular formula is C27H30N2O5. The van der Waals surface area contributed by atoms with E-state index in [9.17, 15) is 19.5 Å². The minimum atomic E-state index is -0.810. The van der Waals surface area contributed by atoms with E-state index in [0.29, 0.717) is 12.8 Å². The standard InChI is InChI=1S/C27H30N2O5/c1-16(10-13-25(30)29-17-11-12-24(29)22(14-17)26(31)32)28-27(33)34-15-23-20-8-4-2-6-18(20)19-7-3-5-9-21(19)23/h2-9,16-17,22-24H,10-15H2,1H3,(H,28,33)(H,31,32)/t16?,17-,22+,24+/m1/s1. The Morgan fingerprint density at radius 3 is 2.32 bits per heavy atom. The highest BCUT2D eigenvalue weighted by atomic mass is 16.5. The third-order valence-electron chi connectivity index (χ3n) is 7.64. The number of amides is 2. The number of nitrogens with zero attached hydrogens (tertiary/aromatic N) is 1. The molecule has 2 heterocycles. The van der Waals surface area contributed by atoms with E-state index in [0.717, 1.165) is 24.0 Å². The smallest absolute Gasteiger partial charge is 0.407 e. The number of carbonyl (C=O) groups is 3. The molecule has 178 valence electrons. The molecule has 7 heteroatoms.